The summed E-state index contributed by atoms with van der Waals surface area (Å²) in [6, 6.07) is 79.0. The number of rotatable bonds is 5. The van der Waals surface area contributed by atoms with Crippen LogP contribution in [-0.4, -0.2) is 10.9 Å². The Labute approximate surface area is 463 Å². The van der Waals surface area contributed by atoms with Crippen molar-refractivity contribution in [2.75, 3.05) is 9.80 Å². The molecule has 5 heteroatoms. The standard InChI is InChI=1S/C74H61N5/c1-73(2,3)51-42-50(43-52(44-51)74(4,5)6)54-32-22-31-53(47-24-10-7-11-25-47)68(54)78-65-36-19-18-35-64(65)76-66-37-23-33-57-61-45-59(48-26-12-8-13-27-48)60(49-28-14-9-15-29-49)46-62(61)58-40-39-56-55-30-16-17-34-63(55)77-67-38-20-21-41-75(67)79(70(57)66,72(76)78)71(58)69(56)77/h7-10,12-24,26-46,72H,11,25H2,1-6H3/q+2. The van der Waals surface area contributed by atoms with Gasteiger partial charge in [0.2, 0.25) is 16.9 Å². The zero-order chi connectivity index (χ0) is 53.1. The van der Waals surface area contributed by atoms with E-state index in [0.717, 1.165) is 18.7 Å². The van der Waals surface area contributed by atoms with Gasteiger partial charge in [-0.25, -0.2) is 0 Å². The Morgan fingerprint density at radius 2 is 1.05 bits per heavy atom. The van der Waals surface area contributed by atoms with Crippen molar-refractivity contribution in [1.82, 2.24) is 9.16 Å². The van der Waals surface area contributed by atoms with E-state index in [1.165, 1.54) is 134 Å². The molecule has 5 nitrogen and oxygen atoms in total. The van der Waals surface area contributed by atoms with Crippen LogP contribution in [0.15, 0.2) is 231 Å². The molecule has 0 amide bonds. The lowest BCUT2D eigenvalue weighted by Gasteiger charge is -2.42. The molecule has 0 saturated carbocycles. The highest BCUT2D eigenvalue weighted by atomic mass is 15.8. The van der Waals surface area contributed by atoms with Crippen LogP contribution in [0, 0.1) is 0 Å². The SMILES string of the molecule is CC(C)(C)c1cc(-c2cccc(C3=CC=CCC3)c2N2c3ccccc3N3c4cccc5c4[N+]4(c6c(ccc7c8ccccc8n(c67)-c6cccc[n+]64)-c4cc(-c6ccccc6)c(-c6ccccc6)cc4-5)C32)cc(C(C)(C)C)c1. The number of para-hydroxylation sites is 5. The maximum Gasteiger partial charge on any atom is 0.338 e. The monoisotopic (exact) mass is 1020 g/mol. The molecule has 0 fully saturated rings. The molecule has 2 unspecified atom stereocenters. The second-order valence-electron chi connectivity index (χ2n) is 24.4. The quantitative estimate of drug-likeness (QED) is 0.126. The predicted molar refractivity (Wildman–Crippen MR) is 330 cm³/mol. The highest BCUT2D eigenvalue weighted by molar-refractivity contribution is 6.20. The van der Waals surface area contributed by atoms with Crippen LogP contribution in [0.5, 0.6) is 0 Å². The summed E-state index contributed by atoms with van der Waals surface area (Å²) in [6.45, 7) is 14.2. The first kappa shape index (κ1) is 46.1. The fourth-order valence-corrected chi connectivity index (χ4v) is 14.3. The Morgan fingerprint density at radius 3 is 1.73 bits per heavy atom. The number of quaternary nitrogens is 1. The molecule has 380 valence electrons. The van der Waals surface area contributed by atoms with Gasteiger partial charge in [0.05, 0.1) is 28.2 Å². The van der Waals surface area contributed by atoms with Crippen molar-refractivity contribution >= 4 is 61.5 Å². The van der Waals surface area contributed by atoms with E-state index in [4.69, 9.17) is 0 Å². The Balaban J connectivity index is 1.10. The van der Waals surface area contributed by atoms with E-state index in [2.05, 4.69) is 291 Å². The van der Waals surface area contributed by atoms with Crippen molar-refractivity contribution in [3.05, 3.63) is 247 Å². The number of aromatic nitrogens is 2. The third kappa shape index (κ3) is 6.34. The van der Waals surface area contributed by atoms with Gasteiger partial charge in [0, 0.05) is 28.0 Å². The highest BCUT2D eigenvalue weighted by Gasteiger charge is 2.70. The first-order chi connectivity index (χ1) is 38.5. The van der Waals surface area contributed by atoms with Gasteiger partial charge in [-0.15, -0.1) is 0 Å². The van der Waals surface area contributed by atoms with Gasteiger partial charge >= 0.3 is 12.1 Å². The number of anilines is 4. The summed E-state index contributed by atoms with van der Waals surface area (Å²) in [6.07, 6.45) is 10.9. The maximum absolute atomic E-state index is 2.80. The van der Waals surface area contributed by atoms with E-state index in [-0.39, 0.29) is 17.1 Å². The number of hydrogen-bond donors (Lipinski definition) is 0. The molecule has 0 radical (unpaired) electrons. The van der Waals surface area contributed by atoms with E-state index in [1.807, 2.05) is 0 Å². The van der Waals surface area contributed by atoms with Crippen LogP contribution >= 0.6 is 0 Å². The molecular weight excluding hydrogens is 959 g/mol. The van der Waals surface area contributed by atoms with Crippen LogP contribution in [0.2, 0.25) is 0 Å². The molecule has 0 saturated heterocycles. The number of hydrogen-bond acceptors (Lipinski definition) is 2. The highest BCUT2D eigenvalue weighted by Crippen LogP contribution is 2.69. The van der Waals surface area contributed by atoms with Crippen LogP contribution in [-0.2, 0) is 10.8 Å². The zero-order valence-corrected chi connectivity index (χ0v) is 45.7. The third-order valence-corrected chi connectivity index (χ3v) is 17.9. The average Bonchev–Trinajstić information content (AvgIpc) is 1.63. The second kappa shape index (κ2) is 16.5. The minimum Gasteiger partial charge on any atom is -0.266 e. The molecule has 16 rings (SSSR count). The zero-order valence-electron chi connectivity index (χ0n) is 45.7. The van der Waals surface area contributed by atoms with E-state index in [9.17, 15) is 0 Å². The lowest BCUT2D eigenvalue weighted by molar-refractivity contribution is -0.794. The van der Waals surface area contributed by atoms with Crippen molar-refractivity contribution in [3.8, 4) is 61.5 Å². The first-order valence-corrected chi connectivity index (χ1v) is 28.2. The van der Waals surface area contributed by atoms with Gasteiger partial charge in [0.1, 0.15) is 11.2 Å². The van der Waals surface area contributed by atoms with Gasteiger partial charge < -0.3 is 0 Å². The van der Waals surface area contributed by atoms with Gasteiger partial charge in [0.15, 0.2) is 6.20 Å². The van der Waals surface area contributed by atoms with E-state index >= 15 is 0 Å². The summed E-state index contributed by atoms with van der Waals surface area (Å²) < 4.78 is 5.60. The molecule has 0 N–H and O–H groups in total. The molecule has 5 aliphatic rings. The molecule has 2 aromatic heterocycles. The Morgan fingerprint density at radius 1 is 0.456 bits per heavy atom. The van der Waals surface area contributed by atoms with Crippen molar-refractivity contribution in [3.63, 3.8) is 0 Å². The second-order valence-corrected chi connectivity index (χ2v) is 24.4. The summed E-state index contributed by atoms with van der Waals surface area (Å²) >= 11 is 0. The van der Waals surface area contributed by atoms with Crippen LogP contribution < -0.4 is 19.1 Å². The van der Waals surface area contributed by atoms with Gasteiger partial charge in [-0.2, -0.15) is 4.57 Å². The first-order valence-electron chi connectivity index (χ1n) is 28.2. The minimum absolute atomic E-state index is 0.0764. The molecule has 4 aliphatic heterocycles. The van der Waals surface area contributed by atoms with E-state index in [0.29, 0.717) is 4.59 Å². The molecule has 1 spiro atoms. The number of benzene rings is 9. The normalized spacial score (nSPS) is 17.3. The van der Waals surface area contributed by atoms with Crippen molar-refractivity contribution in [1.29, 1.82) is 0 Å². The minimum atomic E-state index is -0.375. The predicted octanol–water partition coefficient (Wildman–Crippen LogP) is 19.1. The molecule has 0 bridgehead atoms. The summed E-state index contributed by atoms with van der Waals surface area (Å²) in [4.78, 5) is 5.52. The lowest BCUT2D eigenvalue weighted by atomic mass is 9.78. The summed E-state index contributed by atoms with van der Waals surface area (Å²) in [5, 5.41) is 2.50. The molecule has 1 aliphatic carbocycles. The van der Waals surface area contributed by atoms with Crippen molar-refractivity contribution < 1.29 is 4.68 Å². The smallest absolute Gasteiger partial charge is 0.266 e. The summed E-state index contributed by atoms with van der Waals surface area (Å²) in [7, 11) is 0. The van der Waals surface area contributed by atoms with Crippen molar-refractivity contribution in [2.45, 2.75) is 71.5 Å². The summed E-state index contributed by atoms with van der Waals surface area (Å²) in [5.41, 5.74) is 27.2. The maximum atomic E-state index is 2.80. The van der Waals surface area contributed by atoms with Crippen LogP contribution in [0.25, 0.3) is 88.8 Å². The molecular formula is C74H61N5+2. The fourth-order valence-electron chi connectivity index (χ4n) is 14.3. The number of fused-ring (bicyclic) bond motifs is 12. The van der Waals surface area contributed by atoms with Crippen LogP contribution in [0.1, 0.15) is 71.1 Å². The number of nitrogens with zero attached hydrogens (tertiary/aromatic N) is 5. The topological polar surface area (TPSA) is 15.3 Å². The van der Waals surface area contributed by atoms with Crippen LogP contribution in [0.4, 0.5) is 34.1 Å². The number of allylic oxidation sites excluding steroid dienone is 4. The van der Waals surface area contributed by atoms with Crippen molar-refractivity contribution in [2.24, 2.45) is 0 Å². The summed E-state index contributed by atoms with van der Waals surface area (Å²) in [5.74, 6) is 1.12. The fraction of sp³-hybridized carbons (Fsp3) is 0.149. The molecule has 2 atom stereocenters. The van der Waals surface area contributed by atoms with Gasteiger partial charge in [-0.05, 0) is 155 Å². The molecule has 79 heavy (non-hydrogen) atoms. The van der Waals surface area contributed by atoms with Crippen LogP contribution in [0.3, 0.4) is 0 Å². The average molecular weight is 1020 g/mol. The van der Waals surface area contributed by atoms with Gasteiger partial charge in [-0.3, -0.25) is 9.80 Å². The molecule has 9 aromatic carbocycles. The van der Waals surface area contributed by atoms with E-state index < -0.39 is 0 Å². The molecule has 6 heterocycles. The lowest BCUT2D eigenvalue weighted by Crippen LogP contribution is -2.78. The number of pyridine rings is 1. The molecule has 11 aromatic rings. The third-order valence-electron chi connectivity index (χ3n) is 17.9. The van der Waals surface area contributed by atoms with Gasteiger partial charge in [-0.1, -0.05) is 193 Å². The largest absolute Gasteiger partial charge is 0.338 e. The van der Waals surface area contributed by atoms with E-state index in [1.54, 1.807) is 0 Å². The Kier molecular flexibility index (Phi) is 9.63. The Hall–Kier alpha value is -9.03. The van der Waals surface area contributed by atoms with Gasteiger partial charge in [0.25, 0.3) is 0 Å². The Bertz CT molecular complexity index is 4430.